The second-order valence-corrected chi connectivity index (χ2v) is 3.19. The Balaban J connectivity index is 3.01. The van der Waals surface area contributed by atoms with Gasteiger partial charge in [-0.15, -0.1) is 0 Å². The fraction of sp³-hybridized carbons (Fsp3) is 0.273. The van der Waals surface area contributed by atoms with Crippen molar-refractivity contribution in [1.29, 1.82) is 0 Å². The van der Waals surface area contributed by atoms with E-state index in [0.29, 0.717) is 5.75 Å². The molecule has 1 aromatic carbocycles. The lowest BCUT2D eigenvalue weighted by Gasteiger charge is -2.05. The van der Waals surface area contributed by atoms with Crippen molar-refractivity contribution in [3.05, 3.63) is 23.8 Å². The molecule has 1 aromatic rings. The zero-order valence-electron chi connectivity index (χ0n) is 8.61. The summed E-state index contributed by atoms with van der Waals surface area (Å²) in [5, 5.41) is 9.43. The molecule has 0 heterocycles. The van der Waals surface area contributed by atoms with E-state index in [1.54, 1.807) is 6.07 Å². The first-order chi connectivity index (χ1) is 7.04. The van der Waals surface area contributed by atoms with E-state index in [9.17, 15) is 14.7 Å². The van der Waals surface area contributed by atoms with Gasteiger partial charge >= 0.3 is 0 Å². The van der Waals surface area contributed by atoms with Crippen LogP contribution in [0.4, 0.5) is 0 Å². The second kappa shape index (κ2) is 4.59. The Bertz CT molecular complexity index is 396. The molecule has 1 N–H and O–H groups in total. The van der Waals surface area contributed by atoms with E-state index < -0.39 is 5.78 Å². The van der Waals surface area contributed by atoms with Crippen molar-refractivity contribution in [1.82, 2.24) is 0 Å². The van der Waals surface area contributed by atoms with E-state index in [4.69, 9.17) is 4.74 Å². The van der Waals surface area contributed by atoms with Crippen LogP contribution in [0.1, 0.15) is 23.7 Å². The van der Waals surface area contributed by atoms with Crippen LogP contribution in [-0.4, -0.2) is 23.8 Å². The zero-order chi connectivity index (χ0) is 11.4. The van der Waals surface area contributed by atoms with Crippen molar-refractivity contribution in [2.45, 2.75) is 13.3 Å². The quantitative estimate of drug-likeness (QED) is 0.602. The molecule has 0 saturated carbocycles. The SMILES string of the molecule is COc1ccc(O)c(C(=O)CC(C)=O)c1. The highest BCUT2D eigenvalue weighted by atomic mass is 16.5. The van der Waals surface area contributed by atoms with Crippen molar-refractivity contribution in [2.75, 3.05) is 7.11 Å². The molecule has 0 unspecified atom stereocenters. The summed E-state index contributed by atoms with van der Waals surface area (Å²) >= 11 is 0. The van der Waals surface area contributed by atoms with Crippen LogP contribution in [0.15, 0.2) is 18.2 Å². The molecule has 4 nitrogen and oxygen atoms in total. The number of Topliss-reactive ketones (excluding diaryl/α,β-unsaturated/α-hetero) is 2. The third kappa shape index (κ3) is 2.80. The van der Waals surface area contributed by atoms with Gasteiger partial charge in [0.05, 0.1) is 19.1 Å². The summed E-state index contributed by atoms with van der Waals surface area (Å²) in [6, 6.07) is 4.33. The number of phenolic OH excluding ortho intramolecular Hbond substituents is 1. The lowest BCUT2D eigenvalue weighted by Crippen LogP contribution is -2.05. The van der Waals surface area contributed by atoms with Crippen molar-refractivity contribution in [3.8, 4) is 11.5 Å². The number of phenols is 1. The average molecular weight is 208 g/mol. The van der Waals surface area contributed by atoms with Gasteiger partial charge in [-0.05, 0) is 25.1 Å². The molecule has 4 heteroatoms. The Labute approximate surface area is 87.5 Å². The van der Waals surface area contributed by atoms with E-state index >= 15 is 0 Å². The number of benzene rings is 1. The minimum absolute atomic E-state index is 0.115. The minimum atomic E-state index is -0.404. The molecule has 80 valence electrons. The zero-order valence-corrected chi connectivity index (χ0v) is 8.61. The largest absolute Gasteiger partial charge is 0.507 e. The number of aromatic hydroxyl groups is 1. The summed E-state index contributed by atoms with van der Waals surface area (Å²) in [4.78, 5) is 22.3. The van der Waals surface area contributed by atoms with Crippen LogP contribution < -0.4 is 4.74 Å². The summed E-state index contributed by atoms with van der Waals surface area (Å²) in [6.07, 6.45) is -0.208. The van der Waals surface area contributed by atoms with Crippen LogP contribution in [0.2, 0.25) is 0 Å². The van der Waals surface area contributed by atoms with Crippen LogP contribution in [0.5, 0.6) is 11.5 Å². The highest BCUT2D eigenvalue weighted by molar-refractivity contribution is 6.08. The van der Waals surface area contributed by atoms with Crippen molar-refractivity contribution < 1.29 is 19.4 Å². The Morgan fingerprint density at radius 1 is 1.40 bits per heavy atom. The van der Waals surface area contributed by atoms with Crippen LogP contribution >= 0.6 is 0 Å². The highest BCUT2D eigenvalue weighted by Gasteiger charge is 2.13. The molecule has 0 saturated heterocycles. The number of ketones is 2. The molecule has 0 aliphatic rings. The van der Waals surface area contributed by atoms with Gasteiger partial charge < -0.3 is 9.84 Å². The smallest absolute Gasteiger partial charge is 0.174 e. The predicted octanol–water partition coefficient (Wildman–Crippen LogP) is 1.56. The number of carbonyl (C=O) groups is 2. The first-order valence-electron chi connectivity index (χ1n) is 4.44. The Morgan fingerprint density at radius 3 is 2.60 bits per heavy atom. The topological polar surface area (TPSA) is 63.6 Å². The molecule has 0 aromatic heterocycles. The third-order valence-corrected chi connectivity index (χ3v) is 1.91. The lowest BCUT2D eigenvalue weighted by molar-refractivity contribution is -0.116. The molecule has 0 bridgehead atoms. The van der Waals surface area contributed by atoms with Gasteiger partial charge in [-0.2, -0.15) is 0 Å². The average Bonchev–Trinajstić information content (AvgIpc) is 2.17. The summed E-state index contributed by atoms with van der Waals surface area (Å²) in [5.41, 5.74) is 0.115. The Morgan fingerprint density at radius 2 is 2.07 bits per heavy atom. The third-order valence-electron chi connectivity index (χ3n) is 1.91. The molecule has 0 aliphatic heterocycles. The molecule has 0 spiro atoms. The molecule has 0 amide bonds. The summed E-state index contributed by atoms with van der Waals surface area (Å²) in [6.45, 7) is 1.33. The van der Waals surface area contributed by atoms with Crippen molar-refractivity contribution in [3.63, 3.8) is 0 Å². The Hall–Kier alpha value is -1.84. The number of rotatable bonds is 4. The van der Waals surface area contributed by atoms with Crippen LogP contribution in [-0.2, 0) is 4.79 Å². The maximum absolute atomic E-state index is 11.5. The van der Waals surface area contributed by atoms with Gasteiger partial charge in [0.15, 0.2) is 5.78 Å². The van der Waals surface area contributed by atoms with E-state index in [1.807, 2.05) is 0 Å². The van der Waals surface area contributed by atoms with Gasteiger partial charge in [0.2, 0.25) is 0 Å². The van der Waals surface area contributed by atoms with Gasteiger partial charge in [0, 0.05) is 0 Å². The van der Waals surface area contributed by atoms with Crippen molar-refractivity contribution in [2.24, 2.45) is 0 Å². The van der Waals surface area contributed by atoms with Gasteiger partial charge in [-0.3, -0.25) is 9.59 Å². The Kier molecular flexibility index (Phi) is 3.44. The number of methoxy groups -OCH3 is 1. The summed E-state index contributed by atoms with van der Waals surface area (Å²) < 4.78 is 4.92. The number of hydrogen-bond donors (Lipinski definition) is 1. The lowest BCUT2D eigenvalue weighted by atomic mass is 10.1. The van der Waals surface area contributed by atoms with Gasteiger partial charge in [-0.1, -0.05) is 0 Å². The molecule has 0 atom stereocenters. The monoisotopic (exact) mass is 208 g/mol. The fourth-order valence-corrected chi connectivity index (χ4v) is 1.19. The number of carbonyl (C=O) groups excluding carboxylic acids is 2. The minimum Gasteiger partial charge on any atom is -0.507 e. The second-order valence-electron chi connectivity index (χ2n) is 3.19. The van der Waals surface area contributed by atoms with E-state index in [1.165, 1.54) is 26.2 Å². The number of hydrogen-bond acceptors (Lipinski definition) is 4. The van der Waals surface area contributed by atoms with E-state index in [2.05, 4.69) is 0 Å². The standard InChI is InChI=1S/C11H12O4/c1-7(12)5-11(14)9-6-8(15-2)3-4-10(9)13/h3-4,6,13H,5H2,1-2H3. The maximum Gasteiger partial charge on any atom is 0.174 e. The molecule has 1 rings (SSSR count). The van der Waals surface area contributed by atoms with E-state index in [-0.39, 0.29) is 23.5 Å². The van der Waals surface area contributed by atoms with E-state index in [0.717, 1.165) is 0 Å². The molecule has 15 heavy (non-hydrogen) atoms. The first kappa shape index (κ1) is 11.2. The van der Waals surface area contributed by atoms with Crippen LogP contribution in [0, 0.1) is 0 Å². The molecule has 0 radical (unpaired) electrons. The fourth-order valence-electron chi connectivity index (χ4n) is 1.19. The van der Waals surface area contributed by atoms with Crippen LogP contribution in [0.3, 0.4) is 0 Å². The van der Waals surface area contributed by atoms with Gasteiger partial charge in [-0.25, -0.2) is 0 Å². The van der Waals surface area contributed by atoms with Gasteiger partial charge in [0.25, 0.3) is 0 Å². The first-order valence-corrected chi connectivity index (χ1v) is 4.44. The summed E-state index contributed by atoms with van der Waals surface area (Å²) in [5.74, 6) is -0.303. The molecular weight excluding hydrogens is 196 g/mol. The maximum atomic E-state index is 11.5. The highest BCUT2D eigenvalue weighted by Crippen LogP contribution is 2.23. The van der Waals surface area contributed by atoms with Gasteiger partial charge in [0.1, 0.15) is 17.3 Å². The molecule has 0 aliphatic carbocycles. The van der Waals surface area contributed by atoms with Crippen LogP contribution in [0.25, 0.3) is 0 Å². The number of ether oxygens (including phenoxy) is 1. The summed E-state index contributed by atoms with van der Waals surface area (Å²) in [7, 11) is 1.46. The molecular formula is C11H12O4. The predicted molar refractivity (Wildman–Crippen MR) is 54.3 cm³/mol. The van der Waals surface area contributed by atoms with Crippen molar-refractivity contribution >= 4 is 11.6 Å². The molecule has 0 fully saturated rings. The normalized spacial score (nSPS) is 9.73.